The van der Waals surface area contributed by atoms with E-state index in [1.807, 2.05) is 0 Å². The van der Waals surface area contributed by atoms with Gasteiger partial charge in [-0.15, -0.1) is 0 Å². The van der Waals surface area contributed by atoms with Crippen LogP contribution in [0.3, 0.4) is 0 Å². The molecule has 0 fully saturated rings. The van der Waals surface area contributed by atoms with Crippen molar-refractivity contribution in [2.24, 2.45) is 0 Å². The van der Waals surface area contributed by atoms with Crippen LogP contribution in [0.5, 0.6) is 0 Å². The van der Waals surface area contributed by atoms with E-state index < -0.39 is 5.31 Å². The summed E-state index contributed by atoms with van der Waals surface area (Å²) in [6.45, 7) is 9.36. The fraction of sp³-hybridized carbons (Fsp3) is 1.00. The molecule has 0 saturated carbocycles. The Balaban J connectivity index is 4.95. The van der Waals surface area contributed by atoms with Crippen molar-refractivity contribution < 1.29 is 0 Å². The Morgan fingerprint density at radius 2 is 0.500 bits per heavy atom. The monoisotopic (exact) mass is 534 g/mol. The van der Waals surface area contributed by atoms with Gasteiger partial charge in [-0.3, -0.25) is 0 Å². The summed E-state index contributed by atoms with van der Waals surface area (Å²) < 4.78 is 0. The first kappa shape index (κ1) is 32.9. The predicted molar refractivity (Wildman–Crippen MR) is 160 cm³/mol. The summed E-state index contributed by atoms with van der Waals surface area (Å²) in [5, 5.41) is -1.73. The zero-order valence-corrected chi connectivity index (χ0v) is 25.7. The Hall–Kier alpha value is 0.910. The van der Waals surface area contributed by atoms with Crippen LogP contribution in [0.2, 0.25) is 0 Å². The summed E-state index contributed by atoms with van der Waals surface area (Å²) in [6.07, 6.45) is 38.0. The van der Waals surface area contributed by atoms with Gasteiger partial charge in [-0.2, -0.15) is 0 Å². The van der Waals surface area contributed by atoms with Crippen LogP contribution in [0.4, 0.5) is 0 Å². The number of rotatable bonds is 26. The summed E-state index contributed by atoms with van der Waals surface area (Å²) in [7, 11) is 0. The number of unbranched alkanes of at least 4 members (excludes halogenated alkanes) is 18. The Bertz CT molecular complexity index is 337. The summed E-state index contributed by atoms with van der Waals surface area (Å²) in [4.78, 5) is 0. The third kappa shape index (κ3) is 18.3. The molecule has 0 radical (unpaired) electrons. The van der Waals surface area contributed by atoms with Crippen LogP contribution in [-0.4, -0.2) is 24.6 Å². The van der Waals surface area contributed by atoms with E-state index in [-0.39, 0.29) is 0 Å². The van der Waals surface area contributed by atoms with Crippen molar-refractivity contribution in [1.29, 1.82) is 0 Å². The van der Waals surface area contributed by atoms with Gasteiger partial charge >= 0.3 is 214 Å². The maximum absolute atomic E-state index is 4.72. The second kappa shape index (κ2) is 22.4. The second-order valence-electron chi connectivity index (χ2n) is 11.1. The summed E-state index contributed by atoms with van der Waals surface area (Å²) in [5.41, 5.74) is 0. The van der Waals surface area contributed by atoms with Crippen molar-refractivity contribution in [3.05, 3.63) is 0 Å². The summed E-state index contributed by atoms with van der Waals surface area (Å²) in [5.74, 6) is 0. The Morgan fingerprint density at radius 3 is 0.750 bits per heavy atom. The van der Waals surface area contributed by atoms with E-state index >= 15 is 0 Å². The third-order valence-electron chi connectivity index (χ3n) is 7.78. The molecular formula is C30H64BrP. The summed E-state index contributed by atoms with van der Waals surface area (Å²) >= 11 is 4.72. The average molecular weight is 536 g/mol. The van der Waals surface area contributed by atoms with E-state index in [0.29, 0.717) is 0 Å². The van der Waals surface area contributed by atoms with Gasteiger partial charge in [0.1, 0.15) is 0 Å². The molecule has 0 aromatic carbocycles. The maximum atomic E-state index is 4.72. The van der Waals surface area contributed by atoms with E-state index in [9.17, 15) is 0 Å². The Morgan fingerprint density at radius 1 is 0.312 bits per heavy atom. The van der Waals surface area contributed by atoms with E-state index in [4.69, 9.17) is 15.5 Å². The molecule has 0 nitrogen and oxygen atoms in total. The average Bonchev–Trinajstić information content (AvgIpc) is 2.79. The first-order valence-electron chi connectivity index (χ1n) is 15.3. The third-order valence-corrected chi connectivity index (χ3v) is 17.8. The predicted octanol–water partition coefficient (Wildman–Crippen LogP) is 12.5. The van der Waals surface area contributed by atoms with Crippen molar-refractivity contribution in [3.63, 3.8) is 0 Å². The fourth-order valence-corrected chi connectivity index (χ4v) is 13.9. The molecule has 0 saturated heterocycles. The van der Waals surface area contributed by atoms with E-state index in [1.165, 1.54) is 141 Å². The summed E-state index contributed by atoms with van der Waals surface area (Å²) in [6, 6.07) is 0. The first-order chi connectivity index (χ1) is 15.5. The van der Waals surface area contributed by atoms with Crippen LogP contribution in [0, 0.1) is 0 Å². The van der Waals surface area contributed by atoms with Gasteiger partial charge in [-0.05, 0) is 0 Å². The van der Waals surface area contributed by atoms with Gasteiger partial charge in [-0.25, -0.2) is 0 Å². The topological polar surface area (TPSA) is 0 Å². The molecule has 2 heteroatoms. The van der Waals surface area contributed by atoms with Gasteiger partial charge in [0.2, 0.25) is 0 Å². The molecule has 0 heterocycles. The van der Waals surface area contributed by atoms with Crippen molar-refractivity contribution in [2.45, 2.75) is 169 Å². The molecule has 0 bridgehead atoms. The second-order valence-corrected chi connectivity index (χ2v) is 22.5. The van der Waals surface area contributed by atoms with Crippen LogP contribution < -0.4 is 0 Å². The minimum atomic E-state index is -1.73. The molecule has 0 aliphatic rings. The van der Waals surface area contributed by atoms with Gasteiger partial charge in [-0.1, -0.05) is 0 Å². The molecule has 0 aromatic rings. The Labute approximate surface area is 213 Å². The Kier molecular flexibility index (Phi) is 23.0. The molecular weight excluding hydrogens is 471 g/mol. The van der Waals surface area contributed by atoms with E-state index in [1.54, 1.807) is 24.6 Å². The fourth-order valence-electron chi connectivity index (χ4n) is 5.47. The van der Waals surface area contributed by atoms with Crippen LogP contribution in [-0.2, 0) is 0 Å². The molecule has 0 aliphatic carbocycles. The van der Waals surface area contributed by atoms with Crippen LogP contribution >= 0.6 is 20.8 Å². The molecule has 0 aromatic heterocycles. The zero-order valence-electron chi connectivity index (χ0n) is 23.2. The molecule has 0 atom stereocenters. The van der Waals surface area contributed by atoms with Gasteiger partial charge in [0, 0.05) is 0 Å². The normalized spacial score (nSPS) is 13.3. The van der Waals surface area contributed by atoms with Crippen molar-refractivity contribution >= 4 is 20.8 Å². The van der Waals surface area contributed by atoms with E-state index in [2.05, 4.69) is 27.7 Å². The zero-order chi connectivity index (χ0) is 23.8. The van der Waals surface area contributed by atoms with Crippen LogP contribution in [0.25, 0.3) is 0 Å². The van der Waals surface area contributed by atoms with Crippen LogP contribution in [0.15, 0.2) is 0 Å². The standard InChI is InChI=1S/C30H64BrP/c1-5-9-13-17-20-24-28-32(31,27-23-16-12-8-4,29-25-21-18-14-10-6-2)30-26-22-19-15-11-7-3/h5-30H2,1-4H3. The molecule has 0 N–H and O–H groups in total. The minimum absolute atomic E-state index is 1.37. The van der Waals surface area contributed by atoms with Crippen molar-refractivity contribution in [3.8, 4) is 0 Å². The number of hydrogen-bond donors (Lipinski definition) is 0. The van der Waals surface area contributed by atoms with Crippen molar-refractivity contribution in [1.82, 2.24) is 0 Å². The molecule has 0 rings (SSSR count). The molecule has 196 valence electrons. The molecule has 0 aliphatic heterocycles. The van der Waals surface area contributed by atoms with Gasteiger partial charge in [0.25, 0.3) is 0 Å². The molecule has 32 heavy (non-hydrogen) atoms. The quantitative estimate of drug-likeness (QED) is 0.0763. The SMILES string of the molecule is CCCCCCCCP(Br)(CCCCCC)(CCCCCCCC)CCCCCCCC. The number of hydrogen-bond acceptors (Lipinski definition) is 0. The number of halogens is 1. The van der Waals surface area contributed by atoms with Crippen LogP contribution in [0.1, 0.15) is 169 Å². The van der Waals surface area contributed by atoms with Gasteiger partial charge < -0.3 is 0 Å². The molecule has 0 amide bonds. The van der Waals surface area contributed by atoms with E-state index in [0.717, 1.165) is 0 Å². The van der Waals surface area contributed by atoms with Crippen molar-refractivity contribution in [2.75, 3.05) is 24.6 Å². The van der Waals surface area contributed by atoms with Gasteiger partial charge in [0.15, 0.2) is 0 Å². The molecule has 0 unspecified atom stereocenters. The first-order valence-corrected chi connectivity index (χ1v) is 20.3. The van der Waals surface area contributed by atoms with Gasteiger partial charge in [0.05, 0.1) is 0 Å². The molecule has 0 spiro atoms.